The van der Waals surface area contributed by atoms with E-state index in [-0.39, 0.29) is 35.7 Å². The third-order valence-corrected chi connectivity index (χ3v) is 3.31. The van der Waals surface area contributed by atoms with E-state index < -0.39 is 4.92 Å². The average Bonchev–Trinajstić information content (AvgIpc) is 2.48. The highest BCUT2D eigenvalue weighted by atomic mass is 35.5. The molecule has 116 valence electrons. The van der Waals surface area contributed by atoms with Crippen molar-refractivity contribution >= 4 is 29.7 Å². The minimum absolute atomic E-state index is 0. The molecular weight excluding hydrogens is 298 g/mol. The first-order valence-electron chi connectivity index (χ1n) is 6.46. The minimum atomic E-state index is -0.531. The van der Waals surface area contributed by atoms with Crippen LogP contribution in [0.25, 0.3) is 0 Å². The van der Waals surface area contributed by atoms with Crippen LogP contribution in [0, 0.1) is 16.0 Å². The van der Waals surface area contributed by atoms with E-state index in [4.69, 9.17) is 4.74 Å². The Morgan fingerprint density at radius 1 is 1.52 bits per heavy atom. The lowest BCUT2D eigenvalue weighted by Crippen LogP contribution is -2.37. The maximum Gasteiger partial charge on any atom is 0.312 e. The van der Waals surface area contributed by atoms with Gasteiger partial charge in [-0.05, 0) is 31.5 Å². The molecule has 0 spiro atoms. The molecule has 1 aliphatic heterocycles. The van der Waals surface area contributed by atoms with E-state index >= 15 is 0 Å². The van der Waals surface area contributed by atoms with Gasteiger partial charge in [-0.2, -0.15) is 0 Å². The Hall–Kier alpha value is -1.86. The maximum absolute atomic E-state index is 12.1. The Morgan fingerprint density at radius 3 is 2.86 bits per heavy atom. The molecule has 1 aliphatic rings. The van der Waals surface area contributed by atoms with Crippen molar-refractivity contribution in [2.24, 2.45) is 5.92 Å². The van der Waals surface area contributed by atoms with Gasteiger partial charge in [-0.1, -0.05) is 0 Å². The predicted molar refractivity (Wildman–Crippen MR) is 81.1 cm³/mol. The molecule has 1 amide bonds. The Kier molecular flexibility index (Phi) is 6.39. The molecule has 0 saturated carbocycles. The fourth-order valence-electron chi connectivity index (χ4n) is 2.23. The van der Waals surface area contributed by atoms with Crippen LogP contribution in [0.3, 0.4) is 0 Å². The number of nitro benzene ring substituents is 1. The second-order valence-electron chi connectivity index (χ2n) is 4.68. The summed E-state index contributed by atoms with van der Waals surface area (Å²) in [6.07, 6.45) is 1.79. The normalized spacial score (nSPS) is 17.5. The zero-order valence-electron chi connectivity index (χ0n) is 11.6. The highest BCUT2D eigenvalue weighted by molar-refractivity contribution is 5.93. The van der Waals surface area contributed by atoms with Crippen LogP contribution in [0.4, 0.5) is 11.4 Å². The molecule has 7 nitrogen and oxygen atoms in total. The molecule has 21 heavy (non-hydrogen) atoms. The molecule has 1 saturated heterocycles. The van der Waals surface area contributed by atoms with Gasteiger partial charge in [0.2, 0.25) is 5.91 Å². The van der Waals surface area contributed by atoms with E-state index in [0.717, 1.165) is 19.4 Å². The van der Waals surface area contributed by atoms with Crippen LogP contribution in [-0.2, 0) is 4.79 Å². The SMILES string of the molecule is COc1ccc(NC(=O)[C@@H]2CCCNC2)cc1[N+](=O)[O-].Cl. The van der Waals surface area contributed by atoms with E-state index in [9.17, 15) is 14.9 Å². The number of amides is 1. The number of nitrogens with one attached hydrogen (secondary N) is 2. The monoisotopic (exact) mass is 315 g/mol. The second-order valence-corrected chi connectivity index (χ2v) is 4.68. The molecule has 0 aromatic heterocycles. The number of carbonyl (C=O) groups is 1. The number of carbonyl (C=O) groups excluding carboxylic acids is 1. The molecule has 2 N–H and O–H groups in total. The molecule has 0 radical (unpaired) electrons. The van der Waals surface area contributed by atoms with Gasteiger partial charge in [-0.3, -0.25) is 14.9 Å². The van der Waals surface area contributed by atoms with Crippen molar-refractivity contribution in [3.8, 4) is 5.75 Å². The maximum atomic E-state index is 12.1. The lowest BCUT2D eigenvalue weighted by atomic mass is 9.99. The molecular formula is C13H18ClN3O4. The molecule has 2 rings (SSSR count). The molecule has 1 heterocycles. The number of hydrogen-bond donors (Lipinski definition) is 2. The standard InChI is InChI=1S/C13H17N3O4.ClH/c1-20-12-5-4-10(7-11(12)16(18)19)15-13(17)9-3-2-6-14-8-9;/h4-5,7,9,14H,2-3,6,8H2,1H3,(H,15,17);1H/t9-;/m1./s1. The topological polar surface area (TPSA) is 93.5 Å². The number of rotatable bonds is 4. The van der Waals surface area contributed by atoms with Crippen molar-refractivity contribution in [2.75, 3.05) is 25.5 Å². The summed E-state index contributed by atoms with van der Waals surface area (Å²) in [5.74, 6) is -0.0334. The summed E-state index contributed by atoms with van der Waals surface area (Å²) in [7, 11) is 1.37. The molecule has 1 aromatic rings. The van der Waals surface area contributed by atoms with Gasteiger partial charge in [0.25, 0.3) is 0 Å². The summed E-state index contributed by atoms with van der Waals surface area (Å²) in [6, 6.07) is 4.39. The third-order valence-electron chi connectivity index (χ3n) is 3.31. The molecule has 0 bridgehead atoms. The highest BCUT2D eigenvalue weighted by Gasteiger charge is 2.22. The van der Waals surface area contributed by atoms with Gasteiger partial charge < -0.3 is 15.4 Å². The zero-order valence-corrected chi connectivity index (χ0v) is 12.4. The smallest absolute Gasteiger partial charge is 0.312 e. The molecule has 0 unspecified atom stereocenters. The highest BCUT2D eigenvalue weighted by Crippen LogP contribution is 2.30. The first kappa shape index (κ1) is 17.2. The molecule has 8 heteroatoms. The fraction of sp³-hybridized carbons (Fsp3) is 0.462. The summed E-state index contributed by atoms with van der Waals surface area (Å²) in [4.78, 5) is 22.4. The quantitative estimate of drug-likeness (QED) is 0.654. The summed E-state index contributed by atoms with van der Waals surface area (Å²) < 4.78 is 4.92. The van der Waals surface area contributed by atoms with Crippen LogP contribution < -0.4 is 15.4 Å². The van der Waals surface area contributed by atoms with E-state index in [1.54, 1.807) is 6.07 Å². The number of methoxy groups -OCH3 is 1. The van der Waals surface area contributed by atoms with E-state index in [1.165, 1.54) is 19.2 Å². The summed E-state index contributed by atoms with van der Waals surface area (Å²) >= 11 is 0. The number of nitro groups is 1. The van der Waals surface area contributed by atoms with Gasteiger partial charge in [0.1, 0.15) is 0 Å². The summed E-state index contributed by atoms with van der Waals surface area (Å²) in [6.45, 7) is 1.57. The van der Waals surface area contributed by atoms with Crippen LogP contribution in [0.2, 0.25) is 0 Å². The van der Waals surface area contributed by atoms with E-state index in [1.807, 2.05) is 0 Å². The van der Waals surface area contributed by atoms with Crippen molar-refractivity contribution in [3.05, 3.63) is 28.3 Å². The van der Waals surface area contributed by atoms with Crippen molar-refractivity contribution in [1.29, 1.82) is 0 Å². The predicted octanol–water partition coefficient (Wildman–Crippen LogP) is 1.96. The number of ether oxygens (including phenoxy) is 1. The van der Waals surface area contributed by atoms with Crippen LogP contribution in [0.15, 0.2) is 18.2 Å². The van der Waals surface area contributed by atoms with Crippen LogP contribution in [0.5, 0.6) is 5.75 Å². The van der Waals surface area contributed by atoms with Crippen molar-refractivity contribution < 1.29 is 14.5 Å². The zero-order chi connectivity index (χ0) is 14.5. The van der Waals surface area contributed by atoms with Gasteiger partial charge in [-0.15, -0.1) is 12.4 Å². The van der Waals surface area contributed by atoms with Gasteiger partial charge in [0.05, 0.1) is 18.0 Å². The molecule has 0 aliphatic carbocycles. The molecule has 1 atom stereocenters. The van der Waals surface area contributed by atoms with Gasteiger partial charge in [-0.25, -0.2) is 0 Å². The van der Waals surface area contributed by atoms with Gasteiger partial charge >= 0.3 is 5.69 Å². The summed E-state index contributed by atoms with van der Waals surface area (Å²) in [5.41, 5.74) is 0.250. The van der Waals surface area contributed by atoms with Crippen LogP contribution in [0.1, 0.15) is 12.8 Å². The Bertz CT molecular complexity index is 518. The van der Waals surface area contributed by atoms with E-state index in [0.29, 0.717) is 12.2 Å². The largest absolute Gasteiger partial charge is 0.490 e. The Morgan fingerprint density at radius 2 is 2.29 bits per heavy atom. The lowest BCUT2D eigenvalue weighted by molar-refractivity contribution is -0.385. The van der Waals surface area contributed by atoms with Crippen molar-refractivity contribution in [3.63, 3.8) is 0 Å². The Balaban J connectivity index is 0.00000220. The first-order chi connectivity index (χ1) is 9.61. The number of benzene rings is 1. The average molecular weight is 316 g/mol. The second kappa shape index (κ2) is 7.80. The first-order valence-corrected chi connectivity index (χ1v) is 6.46. The van der Waals surface area contributed by atoms with Gasteiger partial charge in [0.15, 0.2) is 5.75 Å². The fourth-order valence-corrected chi connectivity index (χ4v) is 2.23. The lowest BCUT2D eigenvalue weighted by Gasteiger charge is -2.21. The Labute approximate surface area is 128 Å². The van der Waals surface area contributed by atoms with Crippen LogP contribution >= 0.6 is 12.4 Å². The molecule has 1 fully saturated rings. The third kappa shape index (κ3) is 4.30. The summed E-state index contributed by atoms with van der Waals surface area (Å²) in [5, 5.41) is 16.8. The number of hydrogen-bond acceptors (Lipinski definition) is 5. The van der Waals surface area contributed by atoms with Gasteiger partial charge in [0, 0.05) is 18.3 Å². The number of anilines is 1. The van der Waals surface area contributed by atoms with Crippen LogP contribution in [-0.4, -0.2) is 31.0 Å². The molecule has 1 aromatic carbocycles. The number of nitrogens with zero attached hydrogens (tertiary/aromatic N) is 1. The van der Waals surface area contributed by atoms with E-state index in [2.05, 4.69) is 10.6 Å². The number of halogens is 1. The minimum Gasteiger partial charge on any atom is -0.490 e. The number of piperidine rings is 1. The van der Waals surface area contributed by atoms with Crippen molar-refractivity contribution in [2.45, 2.75) is 12.8 Å². The van der Waals surface area contributed by atoms with Crippen molar-refractivity contribution in [1.82, 2.24) is 5.32 Å².